The number of piperidine rings is 1. The smallest absolute Gasteiger partial charge is 0.277 e. The summed E-state index contributed by atoms with van der Waals surface area (Å²) in [6.07, 6.45) is 4.53. The van der Waals surface area contributed by atoms with Crippen molar-refractivity contribution >= 4 is 17.5 Å². The Morgan fingerprint density at radius 1 is 1.17 bits per heavy atom. The molecular weight excluding hydrogens is 290 g/mol. The molecule has 1 aromatic carbocycles. The molecule has 0 spiro atoms. The lowest BCUT2D eigenvalue weighted by atomic mass is 10.1. The van der Waals surface area contributed by atoms with Crippen LogP contribution in [0, 0.1) is 0 Å². The maximum absolute atomic E-state index is 12.2. The highest BCUT2D eigenvalue weighted by atomic mass is 16.2. The van der Waals surface area contributed by atoms with Crippen LogP contribution >= 0.6 is 0 Å². The van der Waals surface area contributed by atoms with E-state index in [1.54, 1.807) is 7.05 Å². The molecule has 2 amide bonds. The van der Waals surface area contributed by atoms with Gasteiger partial charge in [0.2, 0.25) is 5.91 Å². The van der Waals surface area contributed by atoms with E-state index in [9.17, 15) is 9.59 Å². The van der Waals surface area contributed by atoms with Gasteiger partial charge in [0.1, 0.15) is 0 Å². The molecule has 126 valence electrons. The van der Waals surface area contributed by atoms with Crippen molar-refractivity contribution in [3.05, 3.63) is 29.8 Å². The number of nitrogens with zero attached hydrogens (tertiary/aromatic N) is 1. The fourth-order valence-electron chi connectivity index (χ4n) is 3.02. The summed E-state index contributed by atoms with van der Waals surface area (Å²) in [6.45, 7) is 4.78. The first-order chi connectivity index (χ1) is 11.1. The topological polar surface area (TPSA) is 53.9 Å². The van der Waals surface area contributed by atoms with Crippen molar-refractivity contribution in [2.75, 3.05) is 38.5 Å². The molecule has 0 aliphatic carbocycles. The molecule has 0 bridgehead atoms. The minimum absolute atomic E-state index is 0.0424. The maximum Gasteiger partial charge on any atom is 0.277 e. The Hall–Kier alpha value is -1.88. The number of amides is 2. The normalized spacial score (nSPS) is 15.2. The van der Waals surface area contributed by atoms with Crippen molar-refractivity contribution in [2.24, 2.45) is 0 Å². The van der Waals surface area contributed by atoms with E-state index in [0.29, 0.717) is 6.54 Å². The predicted octanol–water partition coefficient (Wildman–Crippen LogP) is 0.715. The first-order valence-electron chi connectivity index (χ1n) is 8.55. The van der Waals surface area contributed by atoms with Gasteiger partial charge in [-0.25, -0.2) is 0 Å². The fourth-order valence-corrected chi connectivity index (χ4v) is 3.02. The van der Waals surface area contributed by atoms with E-state index >= 15 is 0 Å². The first-order valence-corrected chi connectivity index (χ1v) is 8.55. The summed E-state index contributed by atoms with van der Waals surface area (Å²) in [5.41, 5.74) is 1.94. The summed E-state index contributed by atoms with van der Waals surface area (Å²) >= 11 is 0. The molecule has 2 rings (SSSR count). The number of aryl methyl sites for hydroxylation is 1. The molecule has 2 N–H and O–H groups in total. The number of carbonyl (C=O) groups is 2. The van der Waals surface area contributed by atoms with Crippen LogP contribution in [0.4, 0.5) is 5.69 Å². The largest absolute Gasteiger partial charge is 0.332 e. The Labute approximate surface area is 138 Å². The monoisotopic (exact) mass is 318 g/mol. The van der Waals surface area contributed by atoms with Crippen LogP contribution in [0.25, 0.3) is 0 Å². The van der Waals surface area contributed by atoms with Gasteiger partial charge in [-0.15, -0.1) is 0 Å². The number of hydrogen-bond acceptors (Lipinski definition) is 2. The number of benzene rings is 1. The lowest BCUT2D eigenvalue weighted by molar-refractivity contribution is -0.897. The van der Waals surface area contributed by atoms with Gasteiger partial charge in [-0.1, -0.05) is 25.1 Å². The van der Waals surface area contributed by atoms with E-state index in [0.717, 1.165) is 30.8 Å². The molecule has 0 radical (unpaired) electrons. The van der Waals surface area contributed by atoms with Gasteiger partial charge in [0, 0.05) is 12.7 Å². The van der Waals surface area contributed by atoms with Crippen LogP contribution in [0.1, 0.15) is 31.7 Å². The molecular formula is C18H28N3O2+. The van der Waals surface area contributed by atoms with Gasteiger partial charge in [0.05, 0.1) is 19.6 Å². The van der Waals surface area contributed by atoms with E-state index in [2.05, 4.69) is 12.2 Å². The molecule has 1 saturated heterocycles. The number of nitrogens with one attached hydrogen (secondary N) is 2. The zero-order valence-corrected chi connectivity index (χ0v) is 14.2. The Kier molecular flexibility index (Phi) is 6.59. The number of para-hydroxylation sites is 1. The number of hydrogen-bond donors (Lipinski definition) is 2. The molecule has 1 aliphatic heterocycles. The SMILES string of the molecule is CCc1ccccc1NC(=O)CN(C)C(=O)C[NH+]1CCCCC1. The van der Waals surface area contributed by atoms with Crippen LogP contribution < -0.4 is 10.2 Å². The van der Waals surface area contributed by atoms with Gasteiger partial charge in [-0.05, 0) is 37.3 Å². The summed E-state index contributed by atoms with van der Waals surface area (Å²) in [7, 11) is 1.71. The molecule has 23 heavy (non-hydrogen) atoms. The number of quaternary nitrogens is 1. The van der Waals surface area contributed by atoms with Crippen LogP contribution in [0.5, 0.6) is 0 Å². The molecule has 0 saturated carbocycles. The molecule has 0 unspecified atom stereocenters. The second-order valence-corrected chi connectivity index (χ2v) is 6.30. The number of anilines is 1. The third kappa shape index (κ3) is 5.36. The van der Waals surface area contributed by atoms with Gasteiger partial charge in [0.15, 0.2) is 6.54 Å². The number of likely N-dealkylation sites (tertiary alicyclic amines) is 1. The Morgan fingerprint density at radius 3 is 2.57 bits per heavy atom. The van der Waals surface area contributed by atoms with Crippen LogP contribution in [-0.2, 0) is 16.0 Å². The van der Waals surface area contributed by atoms with Gasteiger partial charge < -0.3 is 15.1 Å². The third-order valence-corrected chi connectivity index (χ3v) is 4.44. The summed E-state index contributed by atoms with van der Waals surface area (Å²) in [6, 6.07) is 7.77. The second-order valence-electron chi connectivity index (χ2n) is 6.30. The van der Waals surface area contributed by atoms with Gasteiger partial charge in [-0.3, -0.25) is 9.59 Å². The Morgan fingerprint density at radius 2 is 1.87 bits per heavy atom. The van der Waals surface area contributed by atoms with E-state index < -0.39 is 0 Å². The average Bonchev–Trinajstić information content (AvgIpc) is 2.56. The number of rotatable bonds is 6. The van der Waals surface area contributed by atoms with Gasteiger partial charge in [0.25, 0.3) is 5.91 Å². The van der Waals surface area contributed by atoms with Gasteiger partial charge in [-0.2, -0.15) is 0 Å². The minimum atomic E-state index is -0.143. The fraction of sp³-hybridized carbons (Fsp3) is 0.556. The molecule has 1 fully saturated rings. The zero-order chi connectivity index (χ0) is 16.7. The summed E-state index contributed by atoms with van der Waals surface area (Å²) in [5.74, 6) is -0.101. The predicted molar refractivity (Wildman–Crippen MR) is 91.5 cm³/mol. The molecule has 5 nitrogen and oxygen atoms in total. The summed E-state index contributed by atoms with van der Waals surface area (Å²) in [5, 5.41) is 2.91. The van der Waals surface area contributed by atoms with E-state index in [-0.39, 0.29) is 18.4 Å². The van der Waals surface area contributed by atoms with Crippen LogP contribution in [0.2, 0.25) is 0 Å². The van der Waals surface area contributed by atoms with Crippen LogP contribution in [0.3, 0.4) is 0 Å². The lowest BCUT2D eigenvalue weighted by Gasteiger charge is -2.25. The highest BCUT2D eigenvalue weighted by Crippen LogP contribution is 2.15. The summed E-state index contributed by atoms with van der Waals surface area (Å²) in [4.78, 5) is 27.3. The van der Waals surface area contributed by atoms with Crippen LogP contribution in [0.15, 0.2) is 24.3 Å². The third-order valence-electron chi connectivity index (χ3n) is 4.44. The van der Waals surface area contributed by atoms with E-state index in [1.807, 2.05) is 24.3 Å². The average molecular weight is 318 g/mol. The molecule has 1 aromatic rings. The van der Waals surface area contributed by atoms with E-state index in [1.165, 1.54) is 29.1 Å². The van der Waals surface area contributed by atoms with Crippen molar-refractivity contribution in [1.82, 2.24) is 4.90 Å². The van der Waals surface area contributed by atoms with Crippen molar-refractivity contribution < 1.29 is 14.5 Å². The quantitative estimate of drug-likeness (QED) is 0.812. The van der Waals surface area contributed by atoms with Crippen molar-refractivity contribution in [1.29, 1.82) is 0 Å². The van der Waals surface area contributed by atoms with Gasteiger partial charge >= 0.3 is 0 Å². The van der Waals surface area contributed by atoms with E-state index in [4.69, 9.17) is 0 Å². The lowest BCUT2D eigenvalue weighted by Crippen LogP contribution is -3.13. The Balaban J connectivity index is 1.82. The highest BCUT2D eigenvalue weighted by Gasteiger charge is 2.21. The molecule has 0 atom stereocenters. The number of carbonyl (C=O) groups excluding carboxylic acids is 2. The first kappa shape index (κ1) is 17.5. The van der Waals surface area contributed by atoms with Crippen LogP contribution in [-0.4, -0.2) is 49.9 Å². The maximum atomic E-state index is 12.2. The molecule has 0 aromatic heterocycles. The Bertz CT molecular complexity index is 539. The van der Waals surface area contributed by atoms with Crippen molar-refractivity contribution in [3.63, 3.8) is 0 Å². The van der Waals surface area contributed by atoms with Crippen molar-refractivity contribution in [2.45, 2.75) is 32.6 Å². The standard InChI is InChI=1S/C18H27N3O2/c1-3-15-9-5-6-10-16(15)19-17(22)13-20(2)18(23)14-21-11-7-4-8-12-21/h5-6,9-10H,3-4,7-8,11-14H2,1-2H3,(H,19,22)/p+1. The van der Waals surface area contributed by atoms with Crippen molar-refractivity contribution in [3.8, 4) is 0 Å². The second kappa shape index (κ2) is 8.67. The zero-order valence-electron chi connectivity index (χ0n) is 14.2. The molecule has 1 heterocycles. The molecule has 1 aliphatic rings. The summed E-state index contributed by atoms with van der Waals surface area (Å²) < 4.78 is 0. The minimum Gasteiger partial charge on any atom is -0.332 e. The highest BCUT2D eigenvalue weighted by molar-refractivity contribution is 5.95. The molecule has 5 heteroatoms. The number of likely N-dealkylation sites (N-methyl/N-ethyl adjacent to an activating group) is 1.